The molecule has 3 atom stereocenters. The van der Waals surface area contributed by atoms with E-state index in [0.29, 0.717) is 0 Å². The number of alkyl halides is 1. The Labute approximate surface area is 97.3 Å². The van der Waals surface area contributed by atoms with Crippen molar-refractivity contribution in [1.29, 1.82) is 0 Å². The summed E-state index contributed by atoms with van der Waals surface area (Å²) in [5.74, 6) is 0.396. The SMILES string of the molecule is C/C=C/[C@H]1[C@H](Cl)[C@]1(C)C(=O)N(CC)CC. The lowest BCUT2D eigenvalue weighted by Crippen LogP contribution is -2.37. The van der Waals surface area contributed by atoms with Crippen LogP contribution >= 0.6 is 11.6 Å². The number of hydrogen-bond acceptors (Lipinski definition) is 1. The van der Waals surface area contributed by atoms with Crippen LogP contribution in [-0.4, -0.2) is 29.3 Å². The highest BCUT2D eigenvalue weighted by Gasteiger charge is 2.64. The van der Waals surface area contributed by atoms with Gasteiger partial charge in [-0.3, -0.25) is 4.79 Å². The van der Waals surface area contributed by atoms with Crippen molar-refractivity contribution in [2.24, 2.45) is 11.3 Å². The Balaban J connectivity index is 2.76. The molecule has 0 aromatic carbocycles. The van der Waals surface area contributed by atoms with Gasteiger partial charge in [-0.2, -0.15) is 0 Å². The van der Waals surface area contributed by atoms with Crippen LogP contribution in [0.2, 0.25) is 0 Å². The number of amides is 1. The monoisotopic (exact) mass is 229 g/mol. The highest BCUT2D eigenvalue weighted by molar-refractivity contribution is 6.26. The van der Waals surface area contributed by atoms with Gasteiger partial charge in [-0.05, 0) is 27.7 Å². The van der Waals surface area contributed by atoms with Gasteiger partial charge in [0.05, 0.1) is 10.8 Å². The summed E-state index contributed by atoms with van der Waals surface area (Å²) in [6.45, 7) is 9.45. The number of carbonyl (C=O) groups is 1. The van der Waals surface area contributed by atoms with E-state index in [4.69, 9.17) is 11.6 Å². The molecule has 1 saturated carbocycles. The molecule has 15 heavy (non-hydrogen) atoms. The molecule has 1 fully saturated rings. The molecule has 0 bridgehead atoms. The minimum absolute atomic E-state index is 0.0400. The van der Waals surface area contributed by atoms with Crippen LogP contribution in [0, 0.1) is 11.3 Å². The maximum Gasteiger partial charge on any atom is 0.230 e. The van der Waals surface area contributed by atoms with Gasteiger partial charge in [-0.25, -0.2) is 0 Å². The molecule has 1 aliphatic carbocycles. The largest absolute Gasteiger partial charge is 0.343 e. The standard InChI is InChI=1S/C12H20ClNO/c1-5-8-9-10(13)12(9,4)11(15)14(6-2)7-3/h5,8-10H,6-7H2,1-4H3/b8-5+/t9-,10-,12+/m0/s1. The summed E-state index contributed by atoms with van der Waals surface area (Å²) >= 11 is 6.19. The van der Waals surface area contributed by atoms with Crippen molar-refractivity contribution >= 4 is 17.5 Å². The minimum Gasteiger partial charge on any atom is -0.343 e. The topological polar surface area (TPSA) is 20.3 Å². The van der Waals surface area contributed by atoms with Crippen molar-refractivity contribution in [3.05, 3.63) is 12.2 Å². The fraction of sp³-hybridized carbons (Fsp3) is 0.750. The van der Waals surface area contributed by atoms with Crippen LogP contribution < -0.4 is 0 Å². The fourth-order valence-electron chi connectivity index (χ4n) is 2.11. The van der Waals surface area contributed by atoms with Crippen LogP contribution in [-0.2, 0) is 4.79 Å². The molecule has 2 nitrogen and oxygen atoms in total. The van der Waals surface area contributed by atoms with E-state index in [-0.39, 0.29) is 22.6 Å². The zero-order valence-corrected chi connectivity index (χ0v) is 10.7. The Morgan fingerprint density at radius 1 is 1.47 bits per heavy atom. The van der Waals surface area contributed by atoms with Crippen LogP contribution in [0.3, 0.4) is 0 Å². The number of allylic oxidation sites excluding steroid dienone is 2. The summed E-state index contributed by atoms with van der Waals surface area (Å²) in [7, 11) is 0. The van der Waals surface area contributed by atoms with Crippen LogP contribution in [0.5, 0.6) is 0 Å². The predicted octanol–water partition coefficient (Wildman–Crippen LogP) is 2.67. The first-order chi connectivity index (χ1) is 7.03. The van der Waals surface area contributed by atoms with Gasteiger partial charge in [-0.15, -0.1) is 11.6 Å². The predicted molar refractivity (Wildman–Crippen MR) is 64.0 cm³/mol. The number of halogens is 1. The third-order valence-corrected chi connectivity index (χ3v) is 4.11. The van der Waals surface area contributed by atoms with Crippen molar-refractivity contribution in [2.45, 2.75) is 33.1 Å². The lowest BCUT2D eigenvalue weighted by atomic mass is 10.0. The number of hydrogen-bond donors (Lipinski definition) is 0. The molecule has 86 valence electrons. The first-order valence-corrected chi connectivity index (χ1v) is 6.03. The Morgan fingerprint density at radius 3 is 2.40 bits per heavy atom. The van der Waals surface area contributed by atoms with E-state index in [1.165, 1.54) is 0 Å². The molecular weight excluding hydrogens is 210 g/mol. The van der Waals surface area contributed by atoms with E-state index in [1.807, 2.05) is 44.7 Å². The highest BCUT2D eigenvalue weighted by Crippen LogP contribution is 2.58. The first kappa shape index (κ1) is 12.6. The molecular formula is C12H20ClNO. The average Bonchev–Trinajstić information content (AvgIpc) is 2.75. The summed E-state index contributed by atoms with van der Waals surface area (Å²) < 4.78 is 0. The van der Waals surface area contributed by atoms with Gasteiger partial charge in [0, 0.05) is 19.0 Å². The van der Waals surface area contributed by atoms with Crippen LogP contribution in [0.25, 0.3) is 0 Å². The third kappa shape index (κ3) is 1.92. The average molecular weight is 230 g/mol. The van der Waals surface area contributed by atoms with Crippen molar-refractivity contribution in [3.8, 4) is 0 Å². The van der Waals surface area contributed by atoms with E-state index >= 15 is 0 Å². The van der Waals surface area contributed by atoms with Crippen molar-refractivity contribution < 1.29 is 4.79 Å². The summed E-state index contributed by atoms with van der Waals surface area (Å²) in [6, 6.07) is 0. The van der Waals surface area contributed by atoms with Crippen LogP contribution in [0.1, 0.15) is 27.7 Å². The maximum absolute atomic E-state index is 12.2. The molecule has 0 aromatic heterocycles. The molecule has 0 saturated heterocycles. The molecule has 0 radical (unpaired) electrons. The molecule has 0 aromatic rings. The molecule has 3 heteroatoms. The molecule has 1 rings (SSSR count). The summed E-state index contributed by atoms with van der Waals surface area (Å²) in [6.07, 6.45) is 4.01. The van der Waals surface area contributed by atoms with E-state index in [1.54, 1.807) is 0 Å². The summed E-state index contributed by atoms with van der Waals surface area (Å²) in [4.78, 5) is 14.1. The fourth-order valence-corrected chi connectivity index (χ4v) is 2.62. The number of rotatable bonds is 4. The van der Waals surface area contributed by atoms with E-state index in [0.717, 1.165) is 13.1 Å². The van der Waals surface area contributed by atoms with Gasteiger partial charge in [0.25, 0.3) is 0 Å². The van der Waals surface area contributed by atoms with E-state index < -0.39 is 0 Å². The van der Waals surface area contributed by atoms with Crippen molar-refractivity contribution in [1.82, 2.24) is 4.90 Å². The third-order valence-electron chi connectivity index (χ3n) is 3.38. The Kier molecular flexibility index (Phi) is 3.82. The molecule has 1 aliphatic rings. The molecule has 0 spiro atoms. The Morgan fingerprint density at radius 2 is 2.00 bits per heavy atom. The lowest BCUT2D eigenvalue weighted by molar-refractivity contribution is -0.136. The van der Waals surface area contributed by atoms with E-state index in [9.17, 15) is 4.79 Å². The zero-order chi connectivity index (χ0) is 11.6. The second-order valence-corrected chi connectivity index (χ2v) is 4.68. The first-order valence-electron chi connectivity index (χ1n) is 5.60. The number of nitrogens with zero attached hydrogens (tertiary/aromatic N) is 1. The van der Waals surface area contributed by atoms with Gasteiger partial charge in [0.2, 0.25) is 5.91 Å². The normalized spacial score (nSPS) is 34.5. The lowest BCUT2D eigenvalue weighted by Gasteiger charge is -2.23. The van der Waals surface area contributed by atoms with Gasteiger partial charge in [-0.1, -0.05) is 12.2 Å². The molecule has 0 unspecified atom stereocenters. The summed E-state index contributed by atoms with van der Waals surface area (Å²) in [5.41, 5.74) is -0.375. The van der Waals surface area contributed by atoms with Crippen molar-refractivity contribution in [2.75, 3.05) is 13.1 Å². The molecule has 0 aliphatic heterocycles. The van der Waals surface area contributed by atoms with Gasteiger partial charge in [0.15, 0.2) is 0 Å². The summed E-state index contributed by atoms with van der Waals surface area (Å²) in [5, 5.41) is -0.0400. The van der Waals surface area contributed by atoms with Crippen molar-refractivity contribution in [3.63, 3.8) is 0 Å². The second kappa shape index (κ2) is 4.56. The van der Waals surface area contributed by atoms with Crippen LogP contribution in [0.15, 0.2) is 12.2 Å². The zero-order valence-electron chi connectivity index (χ0n) is 9.96. The molecule has 0 heterocycles. The van der Waals surface area contributed by atoms with Gasteiger partial charge in [0.1, 0.15) is 0 Å². The smallest absolute Gasteiger partial charge is 0.230 e. The second-order valence-electron chi connectivity index (χ2n) is 4.21. The van der Waals surface area contributed by atoms with Gasteiger partial charge >= 0.3 is 0 Å². The Hall–Kier alpha value is -0.500. The number of carbonyl (C=O) groups excluding carboxylic acids is 1. The molecule has 1 amide bonds. The quantitative estimate of drug-likeness (QED) is 0.536. The minimum atomic E-state index is -0.375. The van der Waals surface area contributed by atoms with E-state index in [2.05, 4.69) is 0 Å². The maximum atomic E-state index is 12.2. The van der Waals surface area contributed by atoms with Gasteiger partial charge < -0.3 is 4.90 Å². The molecule has 0 N–H and O–H groups in total. The highest BCUT2D eigenvalue weighted by atomic mass is 35.5. The van der Waals surface area contributed by atoms with Crippen LogP contribution in [0.4, 0.5) is 0 Å². The Bertz CT molecular complexity index is 273.